The molecule has 4 rings (SSSR count). The van der Waals surface area contributed by atoms with Gasteiger partial charge in [-0.05, 0) is 74.9 Å². The normalized spacial score (nSPS) is 11.8. The molecule has 0 atom stereocenters. The second-order valence-corrected chi connectivity index (χ2v) is 13.5. The summed E-state index contributed by atoms with van der Waals surface area (Å²) in [5, 5.41) is 0. The quantitative estimate of drug-likeness (QED) is 0.170. The first-order chi connectivity index (χ1) is 15.6. The minimum atomic E-state index is 1.23. The van der Waals surface area contributed by atoms with E-state index in [0.29, 0.717) is 0 Å². The summed E-state index contributed by atoms with van der Waals surface area (Å²) in [6.07, 6.45) is 13.1. The first kappa shape index (κ1) is 24.2. The van der Waals surface area contributed by atoms with Crippen LogP contribution in [0.25, 0.3) is 28.9 Å². The van der Waals surface area contributed by atoms with Gasteiger partial charge in [-0.3, -0.25) is 0 Å². The Morgan fingerprint density at radius 1 is 0.531 bits per heavy atom. The van der Waals surface area contributed by atoms with Crippen LogP contribution in [0, 0.1) is 13.8 Å². The Balaban J connectivity index is 1.78. The van der Waals surface area contributed by atoms with Gasteiger partial charge in [0.2, 0.25) is 0 Å². The van der Waals surface area contributed by atoms with Crippen molar-refractivity contribution in [2.24, 2.45) is 0 Å². The molecule has 172 valence electrons. The molecule has 4 aromatic heterocycles. The van der Waals surface area contributed by atoms with E-state index >= 15 is 0 Å². The average molecular weight is 501 g/mol. The number of hydrogen-bond acceptors (Lipinski definition) is 4. The van der Waals surface area contributed by atoms with Crippen molar-refractivity contribution < 1.29 is 0 Å². The van der Waals surface area contributed by atoms with Crippen LogP contribution in [0.5, 0.6) is 0 Å². The molecule has 4 heterocycles. The molecule has 32 heavy (non-hydrogen) atoms. The van der Waals surface area contributed by atoms with E-state index in [-0.39, 0.29) is 0 Å². The van der Waals surface area contributed by atoms with Gasteiger partial charge in [0.1, 0.15) is 0 Å². The van der Waals surface area contributed by atoms with Crippen molar-refractivity contribution in [2.45, 2.75) is 91.9 Å². The Morgan fingerprint density at radius 3 is 1.31 bits per heavy atom. The summed E-state index contributed by atoms with van der Waals surface area (Å²) in [6.45, 7) is 9.09. The summed E-state index contributed by atoms with van der Waals surface area (Å²) in [4.78, 5) is 8.92. The molecular formula is C28H36S4. The van der Waals surface area contributed by atoms with Gasteiger partial charge >= 0.3 is 0 Å². The second kappa shape index (κ2) is 11.5. The van der Waals surface area contributed by atoms with Crippen molar-refractivity contribution in [3.8, 4) is 19.5 Å². The molecule has 0 nitrogen and oxygen atoms in total. The van der Waals surface area contributed by atoms with Crippen LogP contribution in [-0.2, 0) is 12.8 Å². The topological polar surface area (TPSA) is 0 Å². The highest BCUT2D eigenvalue weighted by Crippen LogP contribution is 2.51. The van der Waals surface area contributed by atoms with Crippen LogP contribution >= 0.6 is 45.3 Å². The van der Waals surface area contributed by atoms with Crippen molar-refractivity contribution in [2.75, 3.05) is 0 Å². The van der Waals surface area contributed by atoms with Crippen molar-refractivity contribution in [3.05, 3.63) is 45.1 Å². The van der Waals surface area contributed by atoms with Crippen molar-refractivity contribution in [1.29, 1.82) is 0 Å². The summed E-state index contributed by atoms with van der Waals surface area (Å²) in [6, 6.07) is 9.30. The molecule has 0 aliphatic carbocycles. The van der Waals surface area contributed by atoms with E-state index in [4.69, 9.17) is 0 Å². The zero-order chi connectivity index (χ0) is 22.5. The molecule has 0 saturated heterocycles. The largest absolute Gasteiger partial charge is 0.140 e. The number of rotatable bonds is 12. The van der Waals surface area contributed by atoms with E-state index in [1.54, 1.807) is 30.3 Å². The molecule has 0 amide bonds. The molecule has 0 bridgehead atoms. The monoisotopic (exact) mass is 500 g/mol. The van der Waals surface area contributed by atoms with E-state index in [2.05, 4.69) is 74.6 Å². The molecule has 0 aliphatic heterocycles. The summed E-state index contributed by atoms with van der Waals surface area (Å²) in [5.41, 5.74) is 3.28. The molecule has 0 saturated carbocycles. The second-order valence-electron chi connectivity index (χ2n) is 8.92. The minimum Gasteiger partial charge on any atom is -0.140 e. The van der Waals surface area contributed by atoms with Gasteiger partial charge in [-0.25, -0.2) is 0 Å². The number of aryl methyl sites for hydroxylation is 4. The fourth-order valence-electron chi connectivity index (χ4n) is 4.45. The van der Waals surface area contributed by atoms with E-state index < -0.39 is 0 Å². The first-order valence-corrected chi connectivity index (χ1v) is 15.6. The molecule has 0 spiro atoms. The van der Waals surface area contributed by atoms with Gasteiger partial charge in [0.05, 0.1) is 0 Å². The highest BCUT2D eigenvalue weighted by atomic mass is 32.1. The Hall–Kier alpha value is -0.940. The molecule has 4 aromatic rings. The summed E-state index contributed by atoms with van der Waals surface area (Å²) >= 11 is 8.12. The Labute approximate surface area is 210 Å². The van der Waals surface area contributed by atoms with Crippen LogP contribution in [0.1, 0.15) is 86.1 Å². The number of thiophene rings is 4. The lowest BCUT2D eigenvalue weighted by atomic mass is 10.0. The predicted octanol–water partition coefficient (Wildman–Crippen LogP) is 11.3. The molecule has 0 unspecified atom stereocenters. The number of fused-ring (bicyclic) bond motifs is 1. The predicted molar refractivity (Wildman–Crippen MR) is 151 cm³/mol. The Kier molecular flexibility index (Phi) is 8.67. The average Bonchev–Trinajstić information content (AvgIpc) is 3.54. The van der Waals surface area contributed by atoms with Gasteiger partial charge in [0.15, 0.2) is 0 Å². The Bertz CT molecular complexity index is 1040. The molecule has 0 fully saturated rings. The maximum Gasteiger partial charge on any atom is 0.0499 e. The fourth-order valence-corrected chi connectivity index (χ4v) is 9.48. The third-order valence-electron chi connectivity index (χ3n) is 6.20. The zero-order valence-corrected chi connectivity index (χ0v) is 23.3. The minimum absolute atomic E-state index is 1.23. The van der Waals surface area contributed by atoms with Gasteiger partial charge in [0, 0.05) is 38.7 Å². The molecule has 0 radical (unpaired) electrons. The summed E-state index contributed by atoms with van der Waals surface area (Å²) in [5.74, 6) is 0. The van der Waals surface area contributed by atoms with Crippen molar-refractivity contribution in [3.63, 3.8) is 0 Å². The zero-order valence-electron chi connectivity index (χ0n) is 20.0. The molecule has 0 aromatic carbocycles. The smallest absolute Gasteiger partial charge is 0.0499 e. The van der Waals surface area contributed by atoms with Crippen LogP contribution in [0.3, 0.4) is 0 Å². The standard InChI is InChI=1S/C28H36S4/c1-5-7-9-11-13-21-25(23-17-15-19(3)29-23)31-28-22(14-12-10-8-6-2)26(32-27(21)28)24-18-16-20(4)30-24/h15-18H,5-14H2,1-4H3. The summed E-state index contributed by atoms with van der Waals surface area (Å²) < 4.78 is 3.19. The van der Waals surface area contributed by atoms with Gasteiger partial charge in [-0.15, -0.1) is 45.3 Å². The molecule has 0 N–H and O–H groups in total. The highest BCUT2D eigenvalue weighted by Gasteiger charge is 2.23. The van der Waals surface area contributed by atoms with Crippen LogP contribution in [0.4, 0.5) is 0 Å². The lowest BCUT2D eigenvalue weighted by Crippen LogP contribution is -1.86. The van der Waals surface area contributed by atoms with Crippen LogP contribution in [0.15, 0.2) is 24.3 Å². The van der Waals surface area contributed by atoms with Gasteiger partial charge in [-0.1, -0.05) is 52.4 Å². The molecule has 4 heteroatoms. The number of hydrogen-bond donors (Lipinski definition) is 0. The highest BCUT2D eigenvalue weighted by molar-refractivity contribution is 7.34. The lowest BCUT2D eigenvalue weighted by Gasteiger charge is -2.04. The maximum atomic E-state index is 2.36. The first-order valence-electron chi connectivity index (χ1n) is 12.3. The van der Waals surface area contributed by atoms with Crippen LogP contribution < -0.4 is 0 Å². The van der Waals surface area contributed by atoms with Crippen LogP contribution in [0.2, 0.25) is 0 Å². The van der Waals surface area contributed by atoms with Gasteiger partial charge < -0.3 is 0 Å². The lowest BCUT2D eigenvalue weighted by molar-refractivity contribution is 0.669. The van der Waals surface area contributed by atoms with Gasteiger partial charge in [-0.2, -0.15) is 0 Å². The van der Waals surface area contributed by atoms with Gasteiger partial charge in [0.25, 0.3) is 0 Å². The van der Waals surface area contributed by atoms with Crippen molar-refractivity contribution in [1.82, 2.24) is 0 Å². The Morgan fingerprint density at radius 2 is 0.969 bits per heavy atom. The van der Waals surface area contributed by atoms with E-state index in [1.807, 2.05) is 22.7 Å². The molecule has 0 aliphatic rings. The van der Waals surface area contributed by atoms with E-state index in [1.165, 1.54) is 83.7 Å². The van der Waals surface area contributed by atoms with Crippen LogP contribution in [-0.4, -0.2) is 0 Å². The fraction of sp³-hybridized carbons (Fsp3) is 0.500. The van der Waals surface area contributed by atoms with Crippen molar-refractivity contribution >= 4 is 54.7 Å². The molecular weight excluding hydrogens is 465 g/mol. The SMILES string of the molecule is CCCCCCc1c(-c2ccc(C)s2)sc2c(CCCCCC)c(-c3ccc(C)s3)sc12. The maximum absolute atomic E-state index is 2.36. The van der Waals surface area contributed by atoms with E-state index in [9.17, 15) is 0 Å². The number of unbranched alkanes of at least 4 members (excludes halogenated alkanes) is 6. The third-order valence-corrected chi connectivity index (χ3v) is 11.3. The third kappa shape index (κ3) is 5.41. The summed E-state index contributed by atoms with van der Waals surface area (Å²) in [7, 11) is 0. The van der Waals surface area contributed by atoms with E-state index in [0.717, 1.165) is 0 Å².